The van der Waals surface area contributed by atoms with E-state index in [-0.39, 0.29) is 11.3 Å². The van der Waals surface area contributed by atoms with Crippen molar-refractivity contribution in [3.05, 3.63) is 150 Å². The molecule has 0 bridgehead atoms. The molecule has 0 saturated carbocycles. The molecule has 0 aliphatic rings. The number of rotatable bonds is 7. The molecule has 0 radical (unpaired) electrons. The number of aliphatic imine (C=N–C) groups is 1. The van der Waals surface area contributed by atoms with Gasteiger partial charge in [0.2, 0.25) is 0 Å². The molecular formula is C29H27NP2. The lowest BCUT2D eigenvalue weighted by molar-refractivity contribution is 1.22. The van der Waals surface area contributed by atoms with Crippen LogP contribution in [0.25, 0.3) is 5.57 Å². The summed E-state index contributed by atoms with van der Waals surface area (Å²) in [5.74, 6) is 0. The van der Waals surface area contributed by atoms with E-state index in [1.807, 2.05) is 24.4 Å². The van der Waals surface area contributed by atoms with Gasteiger partial charge in [0.25, 0.3) is 0 Å². The Morgan fingerprint density at radius 3 is 1.44 bits per heavy atom. The molecule has 0 aromatic heterocycles. The number of allylic oxidation sites excluding steroid dienone is 1. The standard InChI is InChI=1S/C29H27NP2/c31-28(24-17-9-3-10-18-24)26(22-13-5-1-6-14-22)21-30-27(23-15-7-2-8-16-23)29(32)25-19-11-4-12-20-25/h1-21,28-29H,31-32H2/b26-21+,30-27+. The van der Waals surface area contributed by atoms with Crippen molar-refractivity contribution < 1.29 is 0 Å². The first-order valence-electron chi connectivity index (χ1n) is 10.7. The smallest absolute Gasteiger partial charge is 0.0588 e. The molecule has 0 spiro atoms. The van der Waals surface area contributed by atoms with Crippen molar-refractivity contribution >= 4 is 29.8 Å². The normalized spacial score (nSPS) is 14.1. The fourth-order valence-electron chi connectivity index (χ4n) is 3.71. The number of hydrogen-bond acceptors (Lipinski definition) is 1. The first kappa shape index (κ1) is 22.3. The second kappa shape index (κ2) is 11.1. The number of hydrogen-bond donors (Lipinski definition) is 0. The molecule has 4 atom stereocenters. The van der Waals surface area contributed by atoms with Crippen LogP contribution in [-0.2, 0) is 0 Å². The van der Waals surface area contributed by atoms with Gasteiger partial charge in [0, 0.05) is 17.5 Å². The van der Waals surface area contributed by atoms with Crippen molar-refractivity contribution in [3.63, 3.8) is 0 Å². The van der Waals surface area contributed by atoms with Gasteiger partial charge in [-0.2, -0.15) is 0 Å². The first-order chi connectivity index (χ1) is 15.7. The van der Waals surface area contributed by atoms with Crippen LogP contribution in [0, 0.1) is 0 Å². The molecule has 0 saturated heterocycles. The third-order valence-electron chi connectivity index (χ3n) is 5.47. The van der Waals surface area contributed by atoms with Crippen LogP contribution < -0.4 is 0 Å². The van der Waals surface area contributed by atoms with Gasteiger partial charge < -0.3 is 0 Å². The highest BCUT2D eigenvalue weighted by molar-refractivity contribution is 7.19. The molecule has 0 aliphatic carbocycles. The van der Waals surface area contributed by atoms with Crippen LogP contribution in [0.4, 0.5) is 0 Å². The molecule has 0 aliphatic heterocycles. The highest BCUT2D eigenvalue weighted by atomic mass is 31.0. The van der Waals surface area contributed by atoms with Crippen molar-refractivity contribution in [2.24, 2.45) is 4.99 Å². The molecule has 0 N–H and O–H groups in total. The Kier molecular flexibility index (Phi) is 7.78. The van der Waals surface area contributed by atoms with E-state index in [2.05, 4.69) is 122 Å². The summed E-state index contributed by atoms with van der Waals surface area (Å²) in [6.45, 7) is 0. The summed E-state index contributed by atoms with van der Waals surface area (Å²) in [6.07, 6.45) is 2.04. The van der Waals surface area contributed by atoms with E-state index in [9.17, 15) is 0 Å². The SMILES string of the molecule is PC(/C(=C/N=C(\c1ccccc1)C(P)c1ccccc1)c1ccccc1)c1ccccc1. The minimum Gasteiger partial charge on any atom is -0.259 e. The van der Waals surface area contributed by atoms with Crippen molar-refractivity contribution in [3.8, 4) is 0 Å². The van der Waals surface area contributed by atoms with Crippen LogP contribution in [0.15, 0.2) is 133 Å². The third kappa shape index (κ3) is 5.49. The zero-order chi connectivity index (χ0) is 22.2. The Morgan fingerprint density at radius 1 is 0.531 bits per heavy atom. The molecule has 4 aromatic carbocycles. The maximum Gasteiger partial charge on any atom is 0.0588 e. The Bertz CT molecular complexity index is 1070. The zero-order valence-corrected chi connectivity index (χ0v) is 20.2. The lowest BCUT2D eigenvalue weighted by Gasteiger charge is -2.18. The van der Waals surface area contributed by atoms with Gasteiger partial charge in [-0.05, 0) is 27.8 Å². The van der Waals surface area contributed by atoms with Crippen LogP contribution in [0.3, 0.4) is 0 Å². The van der Waals surface area contributed by atoms with E-state index in [4.69, 9.17) is 4.99 Å². The first-order valence-corrected chi connectivity index (χ1v) is 12.1. The monoisotopic (exact) mass is 451 g/mol. The second-order valence-corrected chi connectivity index (χ2v) is 8.94. The fourth-order valence-corrected chi connectivity index (χ4v) is 4.71. The summed E-state index contributed by atoms with van der Waals surface area (Å²) in [6, 6.07) is 42.0. The topological polar surface area (TPSA) is 12.4 Å². The molecule has 158 valence electrons. The average Bonchev–Trinajstić information content (AvgIpc) is 2.88. The Balaban J connectivity index is 1.82. The average molecular weight is 451 g/mol. The highest BCUT2D eigenvalue weighted by Gasteiger charge is 2.17. The zero-order valence-electron chi connectivity index (χ0n) is 17.9. The van der Waals surface area contributed by atoms with Crippen LogP contribution in [0.2, 0.25) is 0 Å². The molecule has 3 heteroatoms. The predicted octanol–water partition coefficient (Wildman–Crippen LogP) is 7.75. The van der Waals surface area contributed by atoms with Crippen LogP contribution in [-0.4, -0.2) is 5.71 Å². The van der Waals surface area contributed by atoms with Gasteiger partial charge in [-0.25, -0.2) is 0 Å². The van der Waals surface area contributed by atoms with Crippen molar-refractivity contribution in [2.45, 2.75) is 11.3 Å². The van der Waals surface area contributed by atoms with Crippen molar-refractivity contribution in [2.75, 3.05) is 0 Å². The van der Waals surface area contributed by atoms with Gasteiger partial charge in [-0.15, -0.1) is 18.5 Å². The largest absolute Gasteiger partial charge is 0.259 e. The molecule has 0 fully saturated rings. The number of benzene rings is 4. The lowest BCUT2D eigenvalue weighted by atomic mass is 9.98. The molecular weight excluding hydrogens is 424 g/mol. The Morgan fingerprint density at radius 2 is 0.938 bits per heavy atom. The van der Waals surface area contributed by atoms with Crippen LogP contribution >= 0.6 is 18.5 Å². The second-order valence-electron chi connectivity index (χ2n) is 7.61. The molecule has 0 heterocycles. The van der Waals surface area contributed by atoms with Gasteiger partial charge in [0.05, 0.1) is 5.71 Å². The summed E-state index contributed by atoms with van der Waals surface area (Å²) >= 11 is 0. The van der Waals surface area contributed by atoms with Crippen molar-refractivity contribution in [1.82, 2.24) is 0 Å². The van der Waals surface area contributed by atoms with Gasteiger partial charge in [0.15, 0.2) is 0 Å². The molecule has 0 amide bonds. The molecule has 1 nitrogen and oxygen atoms in total. The quantitative estimate of drug-likeness (QED) is 0.201. The minimum absolute atomic E-state index is 0.0894. The van der Waals surface area contributed by atoms with E-state index in [1.165, 1.54) is 22.3 Å². The summed E-state index contributed by atoms with van der Waals surface area (Å²) in [5, 5.41) is 0. The molecule has 4 aromatic rings. The van der Waals surface area contributed by atoms with Crippen molar-refractivity contribution in [1.29, 1.82) is 0 Å². The number of nitrogens with zero attached hydrogens (tertiary/aromatic N) is 1. The predicted molar refractivity (Wildman–Crippen MR) is 145 cm³/mol. The Hall–Kier alpha value is -2.85. The van der Waals surface area contributed by atoms with Crippen LogP contribution in [0.5, 0.6) is 0 Å². The Labute approximate surface area is 195 Å². The fraction of sp³-hybridized carbons (Fsp3) is 0.0690. The van der Waals surface area contributed by atoms with E-state index in [1.54, 1.807) is 0 Å². The maximum absolute atomic E-state index is 5.11. The van der Waals surface area contributed by atoms with E-state index in [0.29, 0.717) is 0 Å². The summed E-state index contributed by atoms with van der Waals surface area (Å²) in [7, 11) is 5.98. The molecule has 32 heavy (non-hydrogen) atoms. The lowest BCUT2D eigenvalue weighted by Crippen LogP contribution is -2.08. The summed E-state index contributed by atoms with van der Waals surface area (Å²) in [4.78, 5) is 5.11. The van der Waals surface area contributed by atoms with Gasteiger partial charge in [-0.3, -0.25) is 4.99 Å². The van der Waals surface area contributed by atoms with E-state index >= 15 is 0 Å². The van der Waals surface area contributed by atoms with E-state index < -0.39 is 0 Å². The van der Waals surface area contributed by atoms with Gasteiger partial charge in [-0.1, -0.05) is 121 Å². The summed E-state index contributed by atoms with van der Waals surface area (Å²) < 4.78 is 0. The molecule has 4 unspecified atom stereocenters. The molecule has 4 rings (SSSR count). The highest BCUT2D eigenvalue weighted by Crippen LogP contribution is 2.38. The minimum atomic E-state index is 0.0894. The van der Waals surface area contributed by atoms with E-state index in [0.717, 1.165) is 11.3 Å². The third-order valence-corrected chi connectivity index (χ3v) is 6.91. The summed E-state index contributed by atoms with van der Waals surface area (Å²) in [5.41, 5.74) is 7.19. The van der Waals surface area contributed by atoms with Crippen LogP contribution in [0.1, 0.15) is 33.6 Å². The van der Waals surface area contributed by atoms with Gasteiger partial charge in [0.1, 0.15) is 0 Å². The van der Waals surface area contributed by atoms with Gasteiger partial charge >= 0.3 is 0 Å². The maximum atomic E-state index is 5.11.